The number of halogens is 2. The molecule has 2 aromatic carbocycles. The Morgan fingerprint density at radius 2 is 1.88 bits per heavy atom. The number of hydrogen-bond donors (Lipinski definition) is 1. The van der Waals surface area contributed by atoms with Crippen molar-refractivity contribution in [1.82, 2.24) is 29.5 Å². The minimum absolute atomic E-state index is 0.0688. The van der Waals surface area contributed by atoms with Gasteiger partial charge in [-0.05, 0) is 81.6 Å². The first-order valence-corrected chi connectivity index (χ1v) is 18.9. The van der Waals surface area contributed by atoms with Crippen molar-refractivity contribution >= 4 is 28.2 Å². The minimum atomic E-state index is -0.868. The molecule has 1 N–H and O–H groups in total. The number of fused-ring (bicyclic) bond motifs is 4. The Morgan fingerprint density at radius 3 is 2.69 bits per heavy atom. The van der Waals surface area contributed by atoms with Crippen LogP contribution in [0.25, 0.3) is 10.8 Å². The molecule has 4 aliphatic rings. The van der Waals surface area contributed by atoms with Crippen LogP contribution in [-0.4, -0.2) is 98.1 Å². The fourth-order valence-corrected chi connectivity index (χ4v) is 9.06. The van der Waals surface area contributed by atoms with Crippen LogP contribution < -0.4 is 14.5 Å². The summed E-state index contributed by atoms with van der Waals surface area (Å²) in [4.78, 5) is 31.7. The van der Waals surface area contributed by atoms with Gasteiger partial charge in [0.25, 0.3) is 5.91 Å². The van der Waals surface area contributed by atoms with Crippen LogP contribution in [0.5, 0.6) is 11.8 Å². The highest BCUT2D eigenvalue weighted by atomic mass is 19.1. The number of phenols is 1. The second-order valence-corrected chi connectivity index (χ2v) is 14.7. The van der Waals surface area contributed by atoms with E-state index in [1.165, 1.54) is 6.07 Å². The lowest BCUT2D eigenvalue weighted by atomic mass is 9.95. The number of rotatable bonds is 9. The maximum absolute atomic E-state index is 15.1. The summed E-state index contributed by atoms with van der Waals surface area (Å²) in [5, 5.41) is 17.1. The number of anilines is 2. The van der Waals surface area contributed by atoms with E-state index in [0.717, 1.165) is 71.6 Å². The van der Waals surface area contributed by atoms with Crippen LogP contribution in [0.2, 0.25) is 0 Å². The van der Waals surface area contributed by atoms with E-state index >= 15 is 4.39 Å². The molecule has 4 aliphatic heterocycles. The summed E-state index contributed by atoms with van der Waals surface area (Å²) >= 11 is 0. The summed E-state index contributed by atoms with van der Waals surface area (Å²) in [5.41, 5.74) is 4.26. The summed E-state index contributed by atoms with van der Waals surface area (Å²) in [6, 6.07) is 8.76. The van der Waals surface area contributed by atoms with E-state index in [4.69, 9.17) is 19.8 Å². The van der Waals surface area contributed by atoms with Gasteiger partial charge in [-0.25, -0.2) is 8.78 Å². The van der Waals surface area contributed by atoms with Gasteiger partial charge in [-0.15, -0.1) is 0 Å². The highest BCUT2D eigenvalue weighted by Crippen LogP contribution is 2.42. The molecule has 0 radical (unpaired) electrons. The van der Waals surface area contributed by atoms with Crippen molar-refractivity contribution < 1.29 is 23.4 Å². The molecule has 0 spiro atoms. The second-order valence-electron chi connectivity index (χ2n) is 14.7. The van der Waals surface area contributed by atoms with Crippen molar-refractivity contribution in [3.05, 3.63) is 64.4 Å². The van der Waals surface area contributed by atoms with Crippen molar-refractivity contribution in [3.63, 3.8) is 0 Å². The summed E-state index contributed by atoms with van der Waals surface area (Å²) in [6.45, 7) is 11.7. The zero-order valence-electron chi connectivity index (χ0n) is 30.4. The Bertz CT molecular complexity index is 2000. The Hall–Kier alpha value is -4.52. The third-order valence-electron chi connectivity index (χ3n) is 11.7. The molecular formula is C39H48F2N8O3. The van der Waals surface area contributed by atoms with Crippen LogP contribution in [0.3, 0.4) is 0 Å². The lowest BCUT2D eigenvalue weighted by Gasteiger charge is -2.35. The van der Waals surface area contributed by atoms with Crippen LogP contribution in [0.1, 0.15) is 79.5 Å². The largest absolute Gasteiger partial charge is 0.508 e. The molecule has 2 fully saturated rings. The van der Waals surface area contributed by atoms with Gasteiger partial charge in [0.1, 0.15) is 30.2 Å². The number of ether oxygens (including phenoxy) is 1. The number of aryl methyl sites for hydroxylation is 2. The number of benzene rings is 2. The molecule has 2 atom stereocenters. The van der Waals surface area contributed by atoms with E-state index < -0.39 is 6.17 Å². The van der Waals surface area contributed by atoms with Gasteiger partial charge in [-0.2, -0.15) is 15.1 Å². The van der Waals surface area contributed by atoms with E-state index in [2.05, 4.69) is 14.7 Å². The average molecular weight is 715 g/mol. The summed E-state index contributed by atoms with van der Waals surface area (Å²) in [5.74, 6) is 0.588. The number of amides is 1. The fraction of sp³-hybridized carbons (Fsp3) is 0.538. The molecule has 2 aromatic heterocycles. The minimum Gasteiger partial charge on any atom is -0.508 e. The van der Waals surface area contributed by atoms with Crippen molar-refractivity contribution in [1.29, 1.82) is 0 Å². The number of carbonyl (C=O) groups excluding carboxylic acids is 1. The molecule has 4 aromatic rings. The lowest BCUT2D eigenvalue weighted by molar-refractivity contribution is 0.0766. The quantitative estimate of drug-likeness (QED) is 0.236. The van der Waals surface area contributed by atoms with Crippen LogP contribution >= 0.6 is 0 Å². The Kier molecular flexibility index (Phi) is 9.17. The molecule has 0 saturated carbocycles. The van der Waals surface area contributed by atoms with Gasteiger partial charge in [0.05, 0.1) is 30.0 Å². The molecule has 11 nitrogen and oxygen atoms in total. The van der Waals surface area contributed by atoms with E-state index in [9.17, 15) is 14.3 Å². The molecular weight excluding hydrogens is 666 g/mol. The van der Waals surface area contributed by atoms with Crippen LogP contribution in [0.15, 0.2) is 30.3 Å². The van der Waals surface area contributed by atoms with Crippen LogP contribution in [0, 0.1) is 5.82 Å². The van der Waals surface area contributed by atoms with Gasteiger partial charge in [0, 0.05) is 68.4 Å². The summed E-state index contributed by atoms with van der Waals surface area (Å²) in [6.07, 6.45) is 3.43. The summed E-state index contributed by atoms with van der Waals surface area (Å²) < 4.78 is 38.2. The number of aromatic hydroxyl groups is 1. The van der Waals surface area contributed by atoms with E-state index in [0.29, 0.717) is 82.9 Å². The maximum atomic E-state index is 15.1. The van der Waals surface area contributed by atoms with Crippen LogP contribution in [0.4, 0.5) is 20.3 Å². The highest BCUT2D eigenvalue weighted by molar-refractivity contribution is 5.98. The Balaban J connectivity index is 1.16. The van der Waals surface area contributed by atoms with Gasteiger partial charge in [0.15, 0.2) is 5.69 Å². The molecule has 1 amide bonds. The molecule has 2 saturated heterocycles. The van der Waals surface area contributed by atoms with Gasteiger partial charge >= 0.3 is 6.01 Å². The average Bonchev–Trinajstić information content (AvgIpc) is 3.77. The number of phenolic OH excluding ortho intramolecular Hbond substituents is 1. The SMILES string of the molecule is CCc1c(F)ccc2cc(O)cc(N3CCc4c(nc(OC[C@@]56CCCN5C[C@H](F)C6)nc4N4CCCn5nc(C(=O)N(CC)CC)cc5C4)C3)c12. The Labute approximate surface area is 303 Å². The van der Waals surface area contributed by atoms with Crippen molar-refractivity contribution in [2.24, 2.45) is 0 Å². The van der Waals surface area contributed by atoms with Gasteiger partial charge < -0.3 is 24.5 Å². The zero-order chi connectivity index (χ0) is 36.1. The predicted molar refractivity (Wildman–Crippen MR) is 195 cm³/mol. The van der Waals surface area contributed by atoms with E-state index in [1.54, 1.807) is 23.1 Å². The van der Waals surface area contributed by atoms with Gasteiger partial charge in [0.2, 0.25) is 0 Å². The first-order valence-electron chi connectivity index (χ1n) is 18.9. The molecule has 13 heteroatoms. The third-order valence-corrected chi connectivity index (χ3v) is 11.7. The predicted octanol–water partition coefficient (Wildman–Crippen LogP) is 5.64. The first-order chi connectivity index (χ1) is 25.2. The standard InChI is InChI=1S/C39H48F2N8O3/c1-4-29-31(41)10-9-25-17-28(50)19-34(35(25)29)46-16-11-30-33(23-46)42-38(52-24-39-12-7-14-48(39)21-26(40)20-39)43-36(30)47-13-8-15-49-27(22-47)18-32(44-49)37(51)45(5-2)6-3/h9-10,17-19,26,50H,4-8,11-16,20-24H2,1-3H3/t26-,39+/m1/s1. The normalized spacial score (nSPS) is 21.6. The number of carbonyl (C=O) groups is 1. The topological polar surface area (TPSA) is 103 Å². The van der Waals surface area contributed by atoms with Crippen LogP contribution in [-0.2, 0) is 32.5 Å². The van der Waals surface area contributed by atoms with E-state index in [-0.39, 0.29) is 29.0 Å². The maximum Gasteiger partial charge on any atom is 0.318 e. The summed E-state index contributed by atoms with van der Waals surface area (Å²) in [7, 11) is 0. The second kappa shape index (κ2) is 13.8. The molecule has 276 valence electrons. The smallest absolute Gasteiger partial charge is 0.318 e. The zero-order valence-corrected chi connectivity index (χ0v) is 30.4. The highest BCUT2D eigenvalue weighted by Gasteiger charge is 2.49. The molecule has 8 rings (SSSR count). The fourth-order valence-electron chi connectivity index (χ4n) is 9.06. The number of hydrogen-bond acceptors (Lipinski definition) is 9. The monoisotopic (exact) mass is 714 g/mol. The van der Waals surface area contributed by atoms with Gasteiger partial charge in [-0.1, -0.05) is 13.0 Å². The number of aromatic nitrogens is 4. The number of nitrogens with zero attached hydrogens (tertiary/aromatic N) is 8. The third kappa shape index (κ3) is 6.10. The van der Waals surface area contributed by atoms with Crippen molar-refractivity contribution in [3.8, 4) is 11.8 Å². The molecule has 0 aliphatic carbocycles. The Morgan fingerprint density at radius 1 is 1.04 bits per heavy atom. The lowest BCUT2D eigenvalue weighted by Crippen LogP contribution is -2.43. The number of alkyl halides is 1. The van der Waals surface area contributed by atoms with E-state index in [1.807, 2.05) is 31.5 Å². The first kappa shape index (κ1) is 34.6. The molecule has 52 heavy (non-hydrogen) atoms. The molecule has 6 heterocycles. The molecule has 0 unspecified atom stereocenters. The van der Waals surface area contributed by atoms with Gasteiger partial charge in [-0.3, -0.25) is 14.4 Å². The molecule has 0 bridgehead atoms. The van der Waals surface area contributed by atoms with Crippen molar-refractivity contribution in [2.75, 3.05) is 55.7 Å². The van der Waals surface area contributed by atoms with Crippen molar-refractivity contribution in [2.45, 2.75) is 90.6 Å².